The predicted octanol–water partition coefficient (Wildman–Crippen LogP) is 4.78. The molecule has 0 spiro atoms. The molecule has 0 amide bonds. The fraction of sp³-hybridized carbons (Fsp3) is 1.00. The lowest BCUT2D eigenvalue weighted by Crippen LogP contribution is -2.57. The molecule has 0 saturated heterocycles. The Morgan fingerprint density at radius 2 is 1.65 bits per heavy atom. The van der Waals surface area contributed by atoms with Crippen molar-refractivity contribution in [2.75, 3.05) is 0 Å². The van der Waals surface area contributed by atoms with Crippen molar-refractivity contribution in [3.05, 3.63) is 0 Å². The van der Waals surface area contributed by atoms with Crippen molar-refractivity contribution in [3.63, 3.8) is 0 Å². The Labute approximate surface area is 124 Å². The SMILES string of the molecule is C[C@@]12CCC[C@H]1[C@@H]1CC[C@H]3CCC[C@H](O)[C@]3(C)[C@H]1CC2. The van der Waals surface area contributed by atoms with Crippen LogP contribution < -0.4 is 0 Å². The molecule has 4 rings (SSSR count). The minimum atomic E-state index is -0.0141. The van der Waals surface area contributed by atoms with E-state index < -0.39 is 0 Å². The molecule has 4 aliphatic carbocycles. The molecule has 4 aliphatic rings. The monoisotopic (exact) mass is 276 g/mol. The maximum atomic E-state index is 10.8. The fourth-order valence-corrected chi connectivity index (χ4v) is 7.31. The summed E-state index contributed by atoms with van der Waals surface area (Å²) in [5, 5.41) is 10.8. The molecule has 1 N–H and O–H groups in total. The van der Waals surface area contributed by atoms with E-state index in [0.717, 1.165) is 30.1 Å². The van der Waals surface area contributed by atoms with E-state index in [1.54, 1.807) is 0 Å². The van der Waals surface area contributed by atoms with E-state index in [1.807, 2.05) is 0 Å². The average Bonchev–Trinajstić information content (AvgIpc) is 2.82. The third kappa shape index (κ3) is 1.65. The smallest absolute Gasteiger partial charge is 0.0599 e. The molecule has 0 unspecified atom stereocenters. The zero-order chi connectivity index (χ0) is 14.0. The van der Waals surface area contributed by atoms with Crippen molar-refractivity contribution in [3.8, 4) is 0 Å². The minimum absolute atomic E-state index is 0.0141. The van der Waals surface area contributed by atoms with Gasteiger partial charge in [-0.1, -0.05) is 26.7 Å². The summed E-state index contributed by atoms with van der Waals surface area (Å²) in [6.07, 6.45) is 13.8. The molecule has 0 radical (unpaired) electrons. The fourth-order valence-electron chi connectivity index (χ4n) is 7.31. The number of aliphatic hydroxyl groups excluding tert-OH is 1. The summed E-state index contributed by atoms with van der Waals surface area (Å²) in [6, 6.07) is 0. The van der Waals surface area contributed by atoms with E-state index in [4.69, 9.17) is 0 Å². The van der Waals surface area contributed by atoms with Gasteiger partial charge in [0.25, 0.3) is 0 Å². The number of hydrogen-bond donors (Lipinski definition) is 1. The van der Waals surface area contributed by atoms with Gasteiger partial charge in [0.1, 0.15) is 0 Å². The largest absolute Gasteiger partial charge is 0.393 e. The van der Waals surface area contributed by atoms with Gasteiger partial charge in [0, 0.05) is 0 Å². The molecule has 7 atom stereocenters. The maximum Gasteiger partial charge on any atom is 0.0599 e. The molecule has 4 fully saturated rings. The molecular formula is C19H32O. The summed E-state index contributed by atoms with van der Waals surface area (Å²) in [5.41, 5.74) is 0.912. The van der Waals surface area contributed by atoms with Crippen molar-refractivity contribution in [1.29, 1.82) is 0 Å². The van der Waals surface area contributed by atoms with E-state index in [1.165, 1.54) is 57.8 Å². The lowest BCUT2D eigenvalue weighted by Gasteiger charge is -2.61. The first kappa shape index (κ1) is 13.6. The second kappa shape index (κ2) is 4.48. The van der Waals surface area contributed by atoms with Gasteiger partial charge in [0.15, 0.2) is 0 Å². The highest BCUT2D eigenvalue weighted by molar-refractivity contribution is 5.08. The van der Waals surface area contributed by atoms with Gasteiger partial charge in [-0.2, -0.15) is 0 Å². The topological polar surface area (TPSA) is 20.2 Å². The first-order valence-electron chi connectivity index (χ1n) is 9.24. The third-order valence-corrected chi connectivity index (χ3v) is 8.49. The van der Waals surface area contributed by atoms with Gasteiger partial charge >= 0.3 is 0 Å². The Bertz CT molecular complexity index is 391. The Hall–Kier alpha value is -0.0400. The summed E-state index contributed by atoms with van der Waals surface area (Å²) in [4.78, 5) is 0. The van der Waals surface area contributed by atoms with Crippen LogP contribution in [0.25, 0.3) is 0 Å². The van der Waals surface area contributed by atoms with Crippen LogP contribution in [0.4, 0.5) is 0 Å². The number of rotatable bonds is 0. The second-order valence-corrected chi connectivity index (χ2v) is 9.05. The highest BCUT2D eigenvalue weighted by Gasteiger charge is 2.59. The van der Waals surface area contributed by atoms with Crippen LogP contribution in [0.2, 0.25) is 0 Å². The summed E-state index contributed by atoms with van der Waals surface area (Å²) in [7, 11) is 0. The molecule has 0 bridgehead atoms. The zero-order valence-corrected chi connectivity index (χ0v) is 13.4. The van der Waals surface area contributed by atoms with Crippen molar-refractivity contribution in [2.45, 2.75) is 84.2 Å². The van der Waals surface area contributed by atoms with Gasteiger partial charge in [0.05, 0.1) is 6.10 Å². The van der Waals surface area contributed by atoms with E-state index in [9.17, 15) is 5.11 Å². The molecular weight excluding hydrogens is 244 g/mol. The molecule has 1 heteroatoms. The van der Waals surface area contributed by atoms with Crippen LogP contribution in [-0.2, 0) is 0 Å². The number of fused-ring (bicyclic) bond motifs is 5. The van der Waals surface area contributed by atoms with Gasteiger partial charge in [-0.25, -0.2) is 0 Å². The summed E-state index contributed by atoms with van der Waals surface area (Å²) in [5.74, 6) is 3.56. The Kier molecular flexibility index (Phi) is 3.05. The lowest BCUT2D eigenvalue weighted by atomic mass is 9.45. The van der Waals surface area contributed by atoms with Crippen LogP contribution in [0.5, 0.6) is 0 Å². The standard InChI is InChI=1S/C19H32O/c1-18-11-4-6-15(18)14-9-8-13-5-3-7-17(20)19(13,2)16(14)10-12-18/h13-17,20H,3-12H2,1-2H3/t13-,14+,15+,16+,17+,18+,19+/m1/s1. The van der Waals surface area contributed by atoms with Gasteiger partial charge < -0.3 is 5.11 Å². The Balaban J connectivity index is 1.67. The van der Waals surface area contributed by atoms with Crippen LogP contribution in [0.1, 0.15) is 78.1 Å². The van der Waals surface area contributed by atoms with Crippen LogP contribution >= 0.6 is 0 Å². The predicted molar refractivity (Wildman–Crippen MR) is 82.4 cm³/mol. The van der Waals surface area contributed by atoms with Crippen molar-refractivity contribution >= 4 is 0 Å². The van der Waals surface area contributed by atoms with Gasteiger partial charge in [-0.15, -0.1) is 0 Å². The van der Waals surface area contributed by atoms with E-state index in [-0.39, 0.29) is 11.5 Å². The summed E-state index contributed by atoms with van der Waals surface area (Å²) < 4.78 is 0. The quantitative estimate of drug-likeness (QED) is 0.675. The van der Waals surface area contributed by atoms with Gasteiger partial charge in [-0.3, -0.25) is 0 Å². The van der Waals surface area contributed by atoms with Crippen molar-refractivity contribution < 1.29 is 5.11 Å². The number of aliphatic hydroxyl groups is 1. The molecule has 0 aromatic carbocycles. The first-order valence-corrected chi connectivity index (χ1v) is 9.24. The van der Waals surface area contributed by atoms with Crippen LogP contribution in [-0.4, -0.2) is 11.2 Å². The average molecular weight is 276 g/mol. The highest BCUT2D eigenvalue weighted by Crippen LogP contribution is 2.66. The van der Waals surface area contributed by atoms with Crippen molar-refractivity contribution in [2.24, 2.45) is 34.5 Å². The molecule has 20 heavy (non-hydrogen) atoms. The molecule has 114 valence electrons. The molecule has 0 aromatic heterocycles. The number of hydrogen-bond acceptors (Lipinski definition) is 1. The summed E-state index contributed by atoms with van der Waals surface area (Å²) in [6.45, 7) is 5.04. The van der Waals surface area contributed by atoms with E-state index in [2.05, 4.69) is 13.8 Å². The first-order chi connectivity index (χ1) is 9.56. The molecule has 0 aliphatic heterocycles. The van der Waals surface area contributed by atoms with Crippen molar-refractivity contribution in [1.82, 2.24) is 0 Å². The normalized spacial score (nSPS) is 58.6. The highest BCUT2D eigenvalue weighted by atomic mass is 16.3. The Morgan fingerprint density at radius 1 is 0.800 bits per heavy atom. The third-order valence-electron chi connectivity index (χ3n) is 8.49. The molecule has 1 nitrogen and oxygen atoms in total. The van der Waals surface area contributed by atoms with E-state index >= 15 is 0 Å². The van der Waals surface area contributed by atoms with Gasteiger partial charge in [0.2, 0.25) is 0 Å². The zero-order valence-electron chi connectivity index (χ0n) is 13.4. The van der Waals surface area contributed by atoms with Crippen LogP contribution in [0.15, 0.2) is 0 Å². The Morgan fingerprint density at radius 3 is 2.50 bits per heavy atom. The van der Waals surface area contributed by atoms with E-state index in [0.29, 0.717) is 5.41 Å². The minimum Gasteiger partial charge on any atom is -0.393 e. The van der Waals surface area contributed by atoms with Crippen LogP contribution in [0.3, 0.4) is 0 Å². The molecule has 0 aromatic rings. The summed E-state index contributed by atoms with van der Waals surface area (Å²) >= 11 is 0. The lowest BCUT2D eigenvalue weighted by molar-refractivity contribution is -0.159. The maximum absolute atomic E-state index is 10.8. The van der Waals surface area contributed by atoms with Gasteiger partial charge in [-0.05, 0) is 85.9 Å². The molecule has 4 saturated carbocycles. The van der Waals surface area contributed by atoms with Crippen LogP contribution in [0, 0.1) is 34.5 Å². The molecule has 0 heterocycles. The second-order valence-electron chi connectivity index (χ2n) is 9.05.